The molecule has 0 saturated heterocycles. The highest BCUT2D eigenvalue weighted by Gasteiger charge is 2.05. The summed E-state index contributed by atoms with van der Waals surface area (Å²) in [6.45, 7) is 3.84. The Hall–Kier alpha value is -1.32. The molecule has 0 aromatic carbocycles. The van der Waals surface area contributed by atoms with Gasteiger partial charge in [0.2, 0.25) is 5.95 Å². The summed E-state index contributed by atoms with van der Waals surface area (Å²) in [4.78, 5) is 6.19. The SMILES string of the molecule is C/C=C\n1nc(C)nc1N(C)C. The summed E-state index contributed by atoms with van der Waals surface area (Å²) in [5.74, 6) is 1.64. The Morgan fingerprint density at radius 2 is 2.08 bits per heavy atom. The van der Waals surface area contributed by atoms with Crippen molar-refractivity contribution in [2.75, 3.05) is 19.0 Å². The van der Waals surface area contributed by atoms with Crippen molar-refractivity contribution in [3.63, 3.8) is 0 Å². The number of hydrogen-bond acceptors (Lipinski definition) is 3. The van der Waals surface area contributed by atoms with E-state index in [0.717, 1.165) is 11.8 Å². The second-order valence-electron chi connectivity index (χ2n) is 2.78. The maximum Gasteiger partial charge on any atom is 0.227 e. The maximum absolute atomic E-state index is 4.26. The highest BCUT2D eigenvalue weighted by Crippen LogP contribution is 2.07. The van der Waals surface area contributed by atoms with Gasteiger partial charge in [-0.2, -0.15) is 10.1 Å². The highest BCUT2D eigenvalue weighted by atomic mass is 15.4. The van der Waals surface area contributed by atoms with Gasteiger partial charge in [0.1, 0.15) is 5.82 Å². The van der Waals surface area contributed by atoms with Crippen LogP contribution >= 0.6 is 0 Å². The minimum atomic E-state index is 0.789. The van der Waals surface area contributed by atoms with Gasteiger partial charge in [-0.15, -0.1) is 0 Å². The van der Waals surface area contributed by atoms with Crippen LogP contribution in [0.3, 0.4) is 0 Å². The van der Waals surface area contributed by atoms with E-state index in [9.17, 15) is 0 Å². The third-order valence-corrected chi connectivity index (χ3v) is 1.41. The monoisotopic (exact) mass is 166 g/mol. The van der Waals surface area contributed by atoms with Gasteiger partial charge >= 0.3 is 0 Å². The molecule has 1 aromatic rings. The number of hydrogen-bond donors (Lipinski definition) is 0. The first-order chi connectivity index (χ1) is 5.65. The first kappa shape index (κ1) is 8.77. The molecule has 12 heavy (non-hydrogen) atoms. The minimum absolute atomic E-state index is 0.789. The van der Waals surface area contributed by atoms with Gasteiger partial charge in [-0.3, -0.25) is 0 Å². The van der Waals surface area contributed by atoms with Gasteiger partial charge in [0.05, 0.1) is 0 Å². The van der Waals surface area contributed by atoms with E-state index >= 15 is 0 Å². The molecule has 66 valence electrons. The topological polar surface area (TPSA) is 34.0 Å². The van der Waals surface area contributed by atoms with Gasteiger partial charge in [-0.05, 0) is 13.8 Å². The van der Waals surface area contributed by atoms with E-state index in [1.165, 1.54) is 0 Å². The molecule has 1 heterocycles. The van der Waals surface area contributed by atoms with Crippen molar-refractivity contribution >= 4 is 12.1 Å². The van der Waals surface area contributed by atoms with E-state index in [0.29, 0.717) is 0 Å². The smallest absolute Gasteiger partial charge is 0.227 e. The molecule has 0 spiro atoms. The first-order valence-corrected chi connectivity index (χ1v) is 3.88. The summed E-state index contributed by atoms with van der Waals surface area (Å²) < 4.78 is 1.76. The molecular weight excluding hydrogens is 152 g/mol. The van der Waals surface area contributed by atoms with Crippen LogP contribution in [-0.2, 0) is 0 Å². The zero-order valence-corrected chi connectivity index (χ0v) is 7.94. The Morgan fingerprint density at radius 1 is 1.42 bits per heavy atom. The van der Waals surface area contributed by atoms with Crippen LogP contribution in [0.25, 0.3) is 6.20 Å². The van der Waals surface area contributed by atoms with Crippen LogP contribution in [0.1, 0.15) is 12.7 Å². The summed E-state index contributed by atoms with van der Waals surface area (Å²) in [7, 11) is 3.90. The molecule has 0 aliphatic heterocycles. The molecule has 4 nitrogen and oxygen atoms in total. The quantitative estimate of drug-likeness (QED) is 0.660. The molecule has 0 N–H and O–H groups in total. The molecule has 0 radical (unpaired) electrons. The van der Waals surface area contributed by atoms with Gasteiger partial charge in [-0.1, -0.05) is 6.08 Å². The number of aryl methyl sites for hydroxylation is 1. The van der Waals surface area contributed by atoms with Gasteiger partial charge in [0, 0.05) is 20.3 Å². The van der Waals surface area contributed by atoms with E-state index in [1.807, 2.05) is 45.1 Å². The van der Waals surface area contributed by atoms with Gasteiger partial charge in [-0.25, -0.2) is 4.68 Å². The number of rotatable bonds is 2. The lowest BCUT2D eigenvalue weighted by molar-refractivity contribution is 0.881. The average Bonchev–Trinajstić information content (AvgIpc) is 2.32. The number of anilines is 1. The minimum Gasteiger partial charge on any atom is -0.347 e. The fraction of sp³-hybridized carbons (Fsp3) is 0.500. The number of allylic oxidation sites excluding steroid dienone is 1. The Balaban J connectivity index is 3.08. The lowest BCUT2D eigenvalue weighted by Crippen LogP contribution is -2.13. The number of nitrogens with zero attached hydrogens (tertiary/aromatic N) is 4. The molecule has 0 fully saturated rings. The third-order valence-electron chi connectivity index (χ3n) is 1.41. The van der Waals surface area contributed by atoms with E-state index in [2.05, 4.69) is 10.1 Å². The van der Waals surface area contributed by atoms with Crippen LogP contribution in [0.5, 0.6) is 0 Å². The Labute approximate surface area is 72.5 Å². The molecule has 0 saturated carbocycles. The molecular formula is C8H14N4. The van der Waals surface area contributed by atoms with E-state index in [1.54, 1.807) is 4.68 Å². The summed E-state index contributed by atoms with van der Waals surface area (Å²) >= 11 is 0. The van der Waals surface area contributed by atoms with Gasteiger partial charge in [0.25, 0.3) is 0 Å². The summed E-state index contributed by atoms with van der Waals surface area (Å²) in [6, 6.07) is 0. The van der Waals surface area contributed by atoms with Crippen LogP contribution in [-0.4, -0.2) is 28.9 Å². The lowest BCUT2D eigenvalue weighted by atomic mass is 10.7. The predicted molar refractivity (Wildman–Crippen MR) is 50.1 cm³/mol. The Kier molecular flexibility index (Phi) is 2.47. The van der Waals surface area contributed by atoms with Crippen LogP contribution in [0.4, 0.5) is 5.95 Å². The van der Waals surface area contributed by atoms with Crippen molar-refractivity contribution in [1.29, 1.82) is 0 Å². The molecule has 1 rings (SSSR count). The van der Waals surface area contributed by atoms with Crippen molar-refractivity contribution in [2.24, 2.45) is 0 Å². The van der Waals surface area contributed by atoms with E-state index < -0.39 is 0 Å². The zero-order valence-electron chi connectivity index (χ0n) is 7.94. The fourth-order valence-corrected chi connectivity index (χ4v) is 0.965. The predicted octanol–water partition coefficient (Wildman–Crippen LogP) is 1.14. The molecule has 0 atom stereocenters. The zero-order chi connectivity index (χ0) is 9.14. The maximum atomic E-state index is 4.26. The van der Waals surface area contributed by atoms with Gasteiger partial charge in [0.15, 0.2) is 0 Å². The van der Waals surface area contributed by atoms with Crippen LogP contribution in [0, 0.1) is 6.92 Å². The third kappa shape index (κ3) is 1.64. The molecule has 0 bridgehead atoms. The lowest BCUT2D eigenvalue weighted by Gasteiger charge is -2.09. The number of aromatic nitrogens is 3. The van der Waals surface area contributed by atoms with Crippen LogP contribution in [0.15, 0.2) is 6.08 Å². The van der Waals surface area contributed by atoms with Crippen LogP contribution in [0.2, 0.25) is 0 Å². The molecule has 0 unspecified atom stereocenters. The standard InChI is InChI=1S/C8H14N4/c1-5-6-12-8(11(3)4)9-7(2)10-12/h5-6H,1-4H3/b6-5-. The molecule has 4 heteroatoms. The average molecular weight is 166 g/mol. The molecule has 0 aliphatic rings. The summed E-state index contributed by atoms with van der Waals surface area (Å²) in [5.41, 5.74) is 0. The largest absolute Gasteiger partial charge is 0.347 e. The van der Waals surface area contributed by atoms with Gasteiger partial charge < -0.3 is 4.90 Å². The summed E-state index contributed by atoms with van der Waals surface area (Å²) in [5, 5.41) is 4.20. The molecule has 1 aromatic heterocycles. The summed E-state index contributed by atoms with van der Waals surface area (Å²) in [6.07, 6.45) is 3.82. The highest BCUT2D eigenvalue weighted by molar-refractivity contribution is 5.37. The fourth-order valence-electron chi connectivity index (χ4n) is 0.965. The Bertz CT molecular complexity index is 285. The van der Waals surface area contributed by atoms with Crippen molar-refractivity contribution < 1.29 is 0 Å². The second-order valence-corrected chi connectivity index (χ2v) is 2.78. The normalized spacial score (nSPS) is 11.0. The molecule has 0 aliphatic carbocycles. The van der Waals surface area contributed by atoms with Crippen LogP contribution < -0.4 is 4.90 Å². The van der Waals surface area contributed by atoms with Crippen molar-refractivity contribution in [1.82, 2.24) is 14.8 Å². The second kappa shape index (κ2) is 3.38. The first-order valence-electron chi connectivity index (χ1n) is 3.88. The van der Waals surface area contributed by atoms with Crippen molar-refractivity contribution in [3.05, 3.63) is 11.9 Å². The molecule has 0 amide bonds. The van der Waals surface area contributed by atoms with E-state index in [-0.39, 0.29) is 0 Å². The van der Waals surface area contributed by atoms with Crippen molar-refractivity contribution in [2.45, 2.75) is 13.8 Å². The van der Waals surface area contributed by atoms with Crippen molar-refractivity contribution in [3.8, 4) is 0 Å². The van der Waals surface area contributed by atoms with E-state index in [4.69, 9.17) is 0 Å². The Morgan fingerprint density at radius 3 is 2.58 bits per heavy atom.